The fourth-order valence-corrected chi connectivity index (χ4v) is 4.13. The monoisotopic (exact) mass is 366 g/mol. The lowest BCUT2D eigenvalue weighted by atomic mass is 9.62. The van der Waals surface area contributed by atoms with Crippen LogP contribution in [-0.4, -0.2) is 5.24 Å². The third kappa shape index (κ3) is 3.25. The van der Waals surface area contributed by atoms with Crippen LogP contribution in [0.25, 0.3) is 16.7 Å². The van der Waals surface area contributed by atoms with Crippen LogP contribution in [0.15, 0.2) is 43.0 Å². The highest BCUT2D eigenvalue weighted by molar-refractivity contribution is 6.74. The van der Waals surface area contributed by atoms with Crippen molar-refractivity contribution >= 4 is 22.4 Å². The molecule has 0 heterocycles. The van der Waals surface area contributed by atoms with E-state index in [9.17, 15) is 4.79 Å². The molecule has 0 amide bonds. The Labute approximate surface area is 162 Å². The molecule has 2 aromatic rings. The maximum Gasteiger partial charge on any atom is 0.252 e. The molecule has 0 aliphatic heterocycles. The van der Waals surface area contributed by atoms with Gasteiger partial charge >= 0.3 is 0 Å². The number of carbonyl (C=O) groups excluding carboxylic acids is 1. The Morgan fingerprint density at radius 1 is 1.00 bits per heavy atom. The maximum atomic E-state index is 11.5. The molecule has 0 aromatic heterocycles. The van der Waals surface area contributed by atoms with Gasteiger partial charge in [0.15, 0.2) is 0 Å². The highest BCUT2D eigenvalue weighted by Gasteiger charge is 2.37. The topological polar surface area (TPSA) is 17.1 Å². The van der Waals surface area contributed by atoms with Gasteiger partial charge in [0.05, 0.1) is 0 Å². The van der Waals surface area contributed by atoms with Crippen LogP contribution in [0.5, 0.6) is 0 Å². The number of hydrogen-bond donors (Lipinski definition) is 0. The Bertz CT molecular complexity index is 902. The summed E-state index contributed by atoms with van der Waals surface area (Å²) in [5.74, 6) is 0. The number of aryl methyl sites for hydroxylation is 1. The molecule has 136 valence electrons. The normalized spacial score (nSPS) is 17.5. The van der Waals surface area contributed by atoms with Crippen molar-refractivity contribution in [1.29, 1.82) is 0 Å². The molecule has 1 aliphatic carbocycles. The zero-order valence-electron chi connectivity index (χ0n) is 16.4. The maximum absolute atomic E-state index is 11.5. The minimum absolute atomic E-state index is 0.167. The smallest absolute Gasteiger partial charge is 0.252 e. The lowest BCUT2D eigenvalue weighted by Gasteiger charge is -2.42. The van der Waals surface area contributed by atoms with Gasteiger partial charge in [0.2, 0.25) is 0 Å². The molecule has 0 unspecified atom stereocenters. The largest absolute Gasteiger partial charge is 0.276 e. The summed E-state index contributed by atoms with van der Waals surface area (Å²) in [4.78, 5) is 11.5. The molecule has 2 aromatic carbocycles. The van der Waals surface area contributed by atoms with Crippen LogP contribution < -0.4 is 0 Å². The van der Waals surface area contributed by atoms with Gasteiger partial charge in [0.25, 0.3) is 5.24 Å². The number of halogens is 1. The zero-order valence-corrected chi connectivity index (χ0v) is 17.1. The first-order valence-electron chi connectivity index (χ1n) is 9.18. The molecule has 26 heavy (non-hydrogen) atoms. The zero-order chi connectivity index (χ0) is 19.3. The third-order valence-electron chi connectivity index (χ3n) is 5.96. The van der Waals surface area contributed by atoms with E-state index in [-0.39, 0.29) is 10.8 Å². The SMILES string of the molecule is C=C(C(=O)Cl)c1cccc(-c2cc3c(cc2C)C(C)(C)CCC3(C)C)c1. The molecule has 3 rings (SSSR count). The fourth-order valence-electron chi connectivity index (χ4n) is 4.02. The highest BCUT2D eigenvalue weighted by atomic mass is 35.5. The summed E-state index contributed by atoms with van der Waals surface area (Å²) in [6.45, 7) is 15.3. The Balaban J connectivity index is 2.18. The molecular weight excluding hydrogens is 340 g/mol. The summed E-state index contributed by atoms with van der Waals surface area (Å²) in [6, 6.07) is 12.7. The molecular formula is C24H27ClO. The minimum Gasteiger partial charge on any atom is -0.276 e. The third-order valence-corrected chi connectivity index (χ3v) is 6.19. The predicted molar refractivity (Wildman–Crippen MR) is 112 cm³/mol. The van der Waals surface area contributed by atoms with Crippen LogP contribution in [0.1, 0.15) is 62.8 Å². The first-order valence-corrected chi connectivity index (χ1v) is 9.56. The summed E-state index contributed by atoms with van der Waals surface area (Å²) in [5, 5.41) is -0.507. The van der Waals surface area contributed by atoms with E-state index in [0.29, 0.717) is 5.57 Å². The molecule has 2 heteroatoms. The quantitative estimate of drug-likeness (QED) is 0.431. The van der Waals surface area contributed by atoms with Gasteiger partial charge in [-0.2, -0.15) is 0 Å². The average Bonchev–Trinajstić information content (AvgIpc) is 2.58. The van der Waals surface area contributed by atoms with Crippen LogP contribution >= 0.6 is 11.6 Å². The van der Waals surface area contributed by atoms with E-state index in [1.54, 1.807) is 0 Å². The van der Waals surface area contributed by atoms with Gasteiger partial charge in [-0.15, -0.1) is 0 Å². The van der Waals surface area contributed by atoms with Crippen molar-refractivity contribution in [3.8, 4) is 11.1 Å². The number of allylic oxidation sites excluding steroid dienone is 1. The Hall–Kier alpha value is -1.86. The first-order chi connectivity index (χ1) is 12.0. The van der Waals surface area contributed by atoms with E-state index in [0.717, 1.165) is 11.1 Å². The van der Waals surface area contributed by atoms with Crippen molar-refractivity contribution in [2.45, 2.75) is 58.3 Å². The van der Waals surface area contributed by atoms with Gasteiger partial charge in [0.1, 0.15) is 0 Å². The van der Waals surface area contributed by atoms with Gasteiger partial charge in [0, 0.05) is 5.57 Å². The van der Waals surface area contributed by atoms with E-state index in [2.05, 4.69) is 59.4 Å². The van der Waals surface area contributed by atoms with Gasteiger partial charge < -0.3 is 0 Å². The predicted octanol–water partition coefficient (Wildman–Crippen LogP) is 6.79. The van der Waals surface area contributed by atoms with Crippen molar-refractivity contribution < 1.29 is 4.79 Å². The van der Waals surface area contributed by atoms with Crippen LogP contribution in [0.2, 0.25) is 0 Å². The number of benzene rings is 2. The number of hydrogen-bond acceptors (Lipinski definition) is 1. The first kappa shape index (κ1) is 18.9. The van der Waals surface area contributed by atoms with E-state index in [1.165, 1.54) is 35.1 Å². The van der Waals surface area contributed by atoms with Crippen molar-refractivity contribution in [1.82, 2.24) is 0 Å². The van der Waals surface area contributed by atoms with Crippen molar-refractivity contribution in [3.05, 3.63) is 65.2 Å². The molecule has 0 atom stereocenters. The van der Waals surface area contributed by atoms with Gasteiger partial charge in [-0.25, -0.2) is 0 Å². The number of rotatable bonds is 3. The average molecular weight is 367 g/mol. The molecule has 0 N–H and O–H groups in total. The van der Waals surface area contributed by atoms with Crippen molar-refractivity contribution in [2.75, 3.05) is 0 Å². The lowest BCUT2D eigenvalue weighted by Crippen LogP contribution is -2.34. The van der Waals surface area contributed by atoms with E-state index < -0.39 is 5.24 Å². The summed E-state index contributed by atoms with van der Waals surface area (Å²) < 4.78 is 0. The van der Waals surface area contributed by atoms with Gasteiger partial charge in [-0.3, -0.25) is 4.79 Å². The molecule has 1 nitrogen and oxygen atoms in total. The molecule has 0 spiro atoms. The Kier molecular flexibility index (Phi) is 4.65. The lowest BCUT2D eigenvalue weighted by molar-refractivity contribution is -0.106. The molecule has 0 saturated carbocycles. The Morgan fingerprint density at radius 2 is 1.58 bits per heavy atom. The molecule has 0 bridgehead atoms. The van der Waals surface area contributed by atoms with Crippen molar-refractivity contribution in [3.63, 3.8) is 0 Å². The molecule has 0 fully saturated rings. The fraction of sp³-hybridized carbons (Fsp3) is 0.375. The number of carbonyl (C=O) groups is 1. The van der Waals surface area contributed by atoms with Crippen LogP contribution in [0.4, 0.5) is 0 Å². The molecule has 0 radical (unpaired) electrons. The summed E-state index contributed by atoms with van der Waals surface area (Å²) in [5.41, 5.74) is 7.96. The second kappa shape index (κ2) is 6.39. The Morgan fingerprint density at radius 3 is 2.15 bits per heavy atom. The van der Waals surface area contributed by atoms with Crippen LogP contribution in [0.3, 0.4) is 0 Å². The minimum atomic E-state index is -0.507. The van der Waals surface area contributed by atoms with Gasteiger partial charge in [-0.1, -0.05) is 64.6 Å². The standard InChI is InChI=1S/C24H27ClO/c1-15-12-20-21(24(5,6)11-10-23(20,3)4)14-19(15)18-9-7-8-17(13-18)16(2)22(25)26/h7-9,12-14H,2,10-11H2,1,3-6H3. The van der Waals surface area contributed by atoms with Crippen molar-refractivity contribution in [2.24, 2.45) is 0 Å². The highest BCUT2D eigenvalue weighted by Crippen LogP contribution is 2.47. The molecule has 0 saturated heterocycles. The van der Waals surface area contributed by atoms with E-state index in [1.807, 2.05) is 18.2 Å². The molecule has 1 aliphatic rings. The number of fused-ring (bicyclic) bond motifs is 1. The second-order valence-electron chi connectivity index (χ2n) is 8.81. The summed E-state index contributed by atoms with van der Waals surface area (Å²) >= 11 is 5.62. The van der Waals surface area contributed by atoms with Crippen LogP contribution in [0, 0.1) is 6.92 Å². The van der Waals surface area contributed by atoms with E-state index in [4.69, 9.17) is 11.6 Å². The summed E-state index contributed by atoms with van der Waals surface area (Å²) in [7, 11) is 0. The summed E-state index contributed by atoms with van der Waals surface area (Å²) in [6.07, 6.45) is 2.39. The van der Waals surface area contributed by atoms with Crippen LogP contribution in [-0.2, 0) is 15.6 Å². The van der Waals surface area contributed by atoms with Gasteiger partial charge in [-0.05, 0) is 81.6 Å². The van der Waals surface area contributed by atoms with E-state index >= 15 is 0 Å². The second-order valence-corrected chi connectivity index (χ2v) is 9.16.